The summed E-state index contributed by atoms with van der Waals surface area (Å²) in [6, 6.07) is 23.2. The number of hydrogen-bond donors (Lipinski definition) is 1. The molecule has 0 amide bonds. The van der Waals surface area contributed by atoms with Gasteiger partial charge in [-0.25, -0.2) is 0 Å². The highest BCUT2D eigenvalue weighted by Crippen LogP contribution is 2.23. The van der Waals surface area contributed by atoms with Crippen LogP contribution in [-0.4, -0.2) is 0 Å². The molecule has 0 fully saturated rings. The number of rotatable bonds is 4. The van der Waals surface area contributed by atoms with Gasteiger partial charge in [-0.15, -0.1) is 0 Å². The first-order valence-electron chi connectivity index (χ1n) is 7.29. The van der Waals surface area contributed by atoms with Crippen molar-refractivity contribution in [1.82, 2.24) is 0 Å². The van der Waals surface area contributed by atoms with Crippen molar-refractivity contribution in [2.45, 2.75) is 13.0 Å². The highest BCUT2D eigenvalue weighted by Gasteiger charge is 2.04. The summed E-state index contributed by atoms with van der Waals surface area (Å²) in [5.41, 5.74) is 9.77. The third-order valence-corrected chi connectivity index (χ3v) is 3.79. The minimum absolute atomic E-state index is 0.579. The summed E-state index contributed by atoms with van der Waals surface area (Å²) >= 11 is 0. The molecule has 0 saturated heterocycles. The molecule has 3 rings (SSSR count). The number of benzene rings is 3. The predicted molar refractivity (Wildman–Crippen MR) is 91.0 cm³/mol. The average Bonchev–Trinajstić information content (AvgIpc) is 2.55. The van der Waals surface area contributed by atoms with Crippen LogP contribution >= 0.6 is 0 Å². The number of nitrogens with two attached hydrogens (primary N) is 1. The third-order valence-electron chi connectivity index (χ3n) is 3.79. The zero-order chi connectivity index (χ0) is 14.5. The maximum Gasteiger partial charge on any atom is 0.0187 e. The molecule has 0 unspecified atom stereocenters. The number of allylic oxidation sites excluding steroid dienone is 1. The van der Waals surface area contributed by atoms with E-state index in [2.05, 4.69) is 72.8 Å². The molecule has 2 N–H and O–H groups in total. The minimum atomic E-state index is 0.579. The second-order valence-corrected chi connectivity index (χ2v) is 5.15. The third kappa shape index (κ3) is 3.04. The lowest BCUT2D eigenvalue weighted by molar-refractivity contribution is 1.05. The van der Waals surface area contributed by atoms with Crippen molar-refractivity contribution in [1.29, 1.82) is 0 Å². The smallest absolute Gasteiger partial charge is 0.0187 e. The van der Waals surface area contributed by atoms with Crippen LogP contribution in [0.25, 0.3) is 16.8 Å². The Labute approximate surface area is 125 Å². The molecular formula is C20H19N. The van der Waals surface area contributed by atoms with Crippen molar-refractivity contribution >= 4 is 16.8 Å². The van der Waals surface area contributed by atoms with E-state index >= 15 is 0 Å². The molecule has 0 aliphatic rings. The monoisotopic (exact) mass is 273 g/mol. The van der Waals surface area contributed by atoms with Crippen LogP contribution in [0.5, 0.6) is 0 Å². The lowest BCUT2D eigenvalue weighted by atomic mass is 9.97. The van der Waals surface area contributed by atoms with Gasteiger partial charge in [-0.2, -0.15) is 0 Å². The summed E-state index contributed by atoms with van der Waals surface area (Å²) in [5, 5.41) is 2.53. The fourth-order valence-corrected chi connectivity index (χ4v) is 2.70. The van der Waals surface area contributed by atoms with Crippen molar-refractivity contribution in [2.24, 2.45) is 5.73 Å². The van der Waals surface area contributed by atoms with Gasteiger partial charge in [0, 0.05) is 6.54 Å². The van der Waals surface area contributed by atoms with Crippen molar-refractivity contribution in [3.05, 3.63) is 89.5 Å². The van der Waals surface area contributed by atoms with Gasteiger partial charge in [-0.1, -0.05) is 78.9 Å². The Morgan fingerprint density at radius 2 is 1.57 bits per heavy atom. The highest BCUT2D eigenvalue weighted by atomic mass is 14.5. The fraction of sp³-hybridized carbons (Fsp3) is 0.100. The Hall–Kier alpha value is -2.38. The van der Waals surface area contributed by atoms with Crippen molar-refractivity contribution < 1.29 is 0 Å². The molecule has 1 nitrogen and oxygen atoms in total. The first kappa shape index (κ1) is 13.6. The van der Waals surface area contributed by atoms with Crippen LogP contribution in [0.1, 0.15) is 16.7 Å². The normalized spacial score (nSPS) is 11.3. The van der Waals surface area contributed by atoms with Gasteiger partial charge in [0.1, 0.15) is 0 Å². The Bertz CT molecular complexity index is 757. The summed E-state index contributed by atoms with van der Waals surface area (Å²) in [6.07, 6.45) is 5.28. The SMILES string of the molecule is NCc1c(C/C=C/c2ccccc2)ccc2ccccc12. The number of hydrogen-bond acceptors (Lipinski definition) is 1. The topological polar surface area (TPSA) is 26.0 Å². The lowest BCUT2D eigenvalue weighted by Crippen LogP contribution is -2.02. The van der Waals surface area contributed by atoms with Crippen LogP contribution in [0, 0.1) is 0 Å². The molecule has 0 aliphatic heterocycles. The summed E-state index contributed by atoms with van der Waals surface area (Å²) < 4.78 is 0. The second kappa shape index (κ2) is 6.38. The largest absolute Gasteiger partial charge is 0.326 e. The highest BCUT2D eigenvalue weighted by molar-refractivity contribution is 5.86. The molecular weight excluding hydrogens is 254 g/mol. The van der Waals surface area contributed by atoms with Gasteiger partial charge in [-0.05, 0) is 33.9 Å². The summed E-state index contributed by atoms with van der Waals surface area (Å²) in [7, 11) is 0. The van der Waals surface area contributed by atoms with E-state index in [0.29, 0.717) is 6.54 Å². The zero-order valence-electron chi connectivity index (χ0n) is 12.0. The summed E-state index contributed by atoms with van der Waals surface area (Å²) in [5.74, 6) is 0. The maximum atomic E-state index is 5.98. The molecule has 0 bridgehead atoms. The summed E-state index contributed by atoms with van der Waals surface area (Å²) in [4.78, 5) is 0. The molecule has 0 heterocycles. The van der Waals surface area contributed by atoms with E-state index < -0.39 is 0 Å². The zero-order valence-corrected chi connectivity index (χ0v) is 12.0. The first-order valence-corrected chi connectivity index (χ1v) is 7.29. The van der Waals surface area contributed by atoms with Crippen LogP contribution in [0.3, 0.4) is 0 Å². The first-order chi connectivity index (χ1) is 10.4. The molecule has 0 radical (unpaired) electrons. The molecule has 0 saturated carbocycles. The average molecular weight is 273 g/mol. The summed E-state index contributed by atoms with van der Waals surface area (Å²) in [6.45, 7) is 0.579. The molecule has 21 heavy (non-hydrogen) atoms. The van der Waals surface area contributed by atoms with E-state index in [1.54, 1.807) is 0 Å². The Balaban J connectivity index is 1.89. The van der Waals surface area contributed by atoms with E-state index in [1.807, 2.05) is 6.07 Å². The van der Waals surface area contributed by atoms with E-state index in [-0.39, 0.29) is 0 Å². The Morgan fingerprint density at radius 3 is 2.38 bits per heavy atom. The van der Waals surface area contributed by atoms with Crippen LogP contribution in [0.15, 0.2) is 72.8 Å². The molecule has 1 heteroatoms. The van der Waals surface area contributed by atoms with E-state index in [4.69, 9.17) is 5.73 Å². The standard InChI is InChI=1S/C20H19N/c21-15-20-18(11-6-9-16-7-2-1-3-8-16)14-13-17-10-4-5-12-19(17)20/h1-10,12-14H,11,15,21H2/b9-6+. The quantitative estimate of drug-likeness (QED) is 0.741. The van der Waals surface area contributed by atoms with Crippen molar-refractivity contribution in [2.75, 3.05) is 0 Å². The van der Waals surface area contributed by atoms with Gasteiger partial charge < -0.3 is 5.73 Å². The molecule has 0 spiro atoms. The van der Waals surface area contributed by atoms with E-state index in [0.717, 1.165) is 6.42 Å². The van der Waals surface area contributed by atoms with Gasteiger partial charge in [-0.3, -0.25) is 0 Å². The molecule has 3 aromatic rings. The van der Waals surface area contributed by atoms with Crippen LogP contribution in [-0.2, 0) is 13.0 Å². The van der Waals surface area contributed by atoms with Crippen LogP contribution in [0.4, 0.5) is 0 Å². The lowest BCUT2D eigenvalue weighted by Gasteiger charge is -2.10. The van der Waals surface area contributed by atoms with Crippen LogP contribution in [0.2, 0.25) is 0 Å². The Morgan fingerprint density at radius 1 is 0.810 bits per heavy atom. The van der Waals surface area contributed by atoms with Crippen molar-refractivity contribution in [3.8, 4) is 0 Å². The molecule has 104 valence electrons. The molecule has 0 aliphatic carbocycles. The molecule has 0 aromatic heterocycles. The van der Waals surface area contributed by atoms with Gasteiger partial charge in [0.15, 0.2) is 0 Å². The van der Waals surface area contributed by atoms with Gasteiger partial charge >= 0.3 is 0 Å². The van der Waals surface area contributed by atoms with Crippen molar-refractivity contribution in [3.63, 3.8) is 0 Å². The van der Waals surface area contributed by atoms with Gasteiger partial charge in [0.2, 0.25) is 0 Å². The second-order valence-electron chi connectivity index (χ2n) is 5.15. The minimum Gasteiger partial charge on any atom is -0.326 e. The maximum absolute atomic E-state index is 5.98. The predicted octanol–water partition coefficient (Wildman–Crippen LogP) is 4.55. The van der Waals surface area contributed by atoms with Gasteiger partial charge in [0.05, 0.1) is 0 Å². The number of fused-ring (bicyclic) bond motifs is 1. The van der Waals surface area contributed by atoms with Crippen LogP contribution < -0.4 is 5.73 Å². The molecule has 0 atom stereocenters. The van der Waals surface area contributed by atoms with Gasteiger partial charge in [0.25, 0.3) is 0 Å². The van der Waals surface area contributed by atoms with E-state index in [1.165, 1.54) is 27.5 Å². The molecule has 3 aromatic carbocycles. The van der Waals surface area contributed by atoms with E-state index in [9.17, 15) is 0 Å². The fourth-order valence-electron chi connectivity index (χ4n) is 2.70. The Kier molecular flexibility index (Phi) is 4.13.